The van der Waals surface area contributed by atoms with E-state index in [-0.39, 0.29) is 15.6 Å². The van der Waals surface area contributed by atoms with Crippen LogP contribution in [0.4, 0.5) is 14.5 Å². The number of nitrogens with zero attached hydrogens (tertiary/aromatic N) is 1. The molecule has 9 heteroatoms. The van der Waals surface area contributed by atoms with Crippen LogP contribution in [-0.4, -0.2) is 14.7 Å². The Balaban J connectivity index is 2.53. The largest absolute Gasteiger partial charge is 0.348 e. The van der Waals surface area contributed by atoms with Crippen LogP contribution in [0.5, 0.6) is 0 Å². The second kappa shape index (κ2) is 7.87. The van der Waals surface area contributed by atoms with Crippen LogP contribution >= 0.6 is 23.4 Å². The summed E-state index contributed by atoms with van der Waals surface area (Å²) in [7, 11) is -4.13. The molecule has 1 N–H and O–H groups in total. The van der Waals surface area contributed by atoms with Crippen LogP contribution in [0, 0.1) is 23.0 Å². The summed E-state index contributed by atoms with van der Waals surface area (Å²) in [6, 6.07) is 9.62. The molecule has 2 aromatic carbocycles. The van der Waals surface area contributed by atoms with E-state index in [1.807, 2.05) is 0 Å². The summed E-state index contributed by atoms with van der Waals surface area (Å²) in [6.07, 6.45) is 1.53. The van der Waals surface area contributed by atoms with Gasteiger partial charge in [0.1, 0.15) is 22.7 Å². The topological polar surface area (TPSA) is 70.0 Å². The van der Waals surface area contributed by atoms with Gasteiger partial charge in [0.15, 0.2) is 4.91 Å². The molecule has 0 spiro atoms. The maximum Gasteiger partial charge on any atom is 0.219 e. The SMILES string of the molecule is CSC(Nc1cc(F)cc(F)c1)=C(C#N)S(=O)(=O)c1ccc(Cl)cc1. The molecule has 25 heavy (non-hydrogen) atoms. The van der Waals surface area contributed by atoms with Crippen molar-refractivity contribution in [2.24, 2.45) is 0 Å². The maximum atomic E-state index is 13.3. The Bertz CT molecular complexity index is 948. The van der Waals surface area contributed by atoms with Crippen LogP contribution in [0.2, 0.25) is 5.02 Å². The number of benzene rings is 2. The van der Waals surface area contributed by atoms with E-state index in [1.54, 1.807) is 6.07 Å². The lowest BCUT2D eigenvalue weighted by atomic mass is 10.3. The molecule has 0 saturated carbocycles. The molecule has 0 fully saturated rings. The minimum Gasteiger partial charge on any atom is -0.348 e. The number of nitriles is 1. The molecular weight excluding hydrogens is 390 g/mol. The first-order valence-electron chi connectivity index (χ1n) is 6.70. The van der Waals surface area contributed by atoms with Crippen molar-refractivity contribution in [3.63, 3.8) is 0 Å². The van der Waals surface area contributed by atoms with E-state index in [1.165, 1.54) is 30.5 Å². The zero-order valence-corrected chi connectivity index (χ0v) is 15.1. The number of halogens is 3. The van der Waals surface area contributed by atoms with Crippen LogP contribution in [0.15, 0.2) is 57.3 Å². The molecule has 0 amide bonds. The Hall–Kier alpha value is -2.08. The number of allylic oxidation sites excluding steroid dienone is 1. The molecule has 2 aromatic rings. The molecule has 0 aromatic heterocycles. The van der Waals surface area contributed by atoms with Crippen LogP contribution in [-0.2, 0) is 9.84 Å². The lowest BCUT2D eigenvalue weighted by molar-refractivity contribution is 0.584. The number of anilines is 1. The summed E-state index contributed by atoms with van der Waals surface area (Å²) in [5.74, 6) is -1.66. The van der Waals surface area contributed by atoms with E-state index in [4.69, 9.17) is 11.6 Å². The lowest BCUT2D eigenvalue weighted by Crippen LogP contribution is -2.10. The molecule has 0 atom stereocenters. The van der Waals surface area contributed by atoms with Crippen molar-refractivity contribution in [3.8, 4) is 6.07 Å². The third-order valence-electron chi connectivity index (χ3n) is 3.02. The van der Waals surface area contributed by atoms with E-state index in [0.717, 1.165) is 23.9 Å². The average molecular weight is 401 g/mol. The van der Waals surface area contributed by atoms with Crippen LogP contribution in [0.3, 0.4) is 0 Å². The summed E-state index contributed by atoms with van der Waals surface area (Å²) in [5.41, 5.74) is -0.0130. The summed E-state index contributed by atoms with van der Waals surface area (Å²) >= 11 is 6.67. The highest BCUT2D eigenvalue weighted by Crippen LogP contribution is 2.29. The number of rotatable bonds is 5. The van der Waals surface area contributed by atoms with Crippen molar-refractivity contribution in [3.05, 3.63) is 69.1 Å². The molecule has 130 valence electrons. The standard InChI is InChI=1S/C16H11ClF2N2O2S2/c1-24-16(21-13-7-11(18)6-12(19)8-13)15(9-20)25(22,23)14-4-2-10(17)3-5-14/h2-8,21H,1H3. The Morgan fingerprint density at radius 2 is 1.72 bits per heavy atom. The van der Waals surface area contributed by atoms with E-state index >= 15 is 0 Å². The minimum atomic E-state index is -4.13. The molecule has 0 bridgehead atoms. The molecule has 0 radical (unpaired) electrons. The normalized spacial score (nSPS) is 12.3. The first-order valence-corrected chi connectivity index (χ1v) is 9.78. The molecule has 4 nitrogen and oxygen atoms in total. The van der Waals surface area contributed by atoms with Gasteiger partial charge in [-0.1, -0.05) is 11.6 Å². The second-order valence-electron chi connectivity index (χ2n) is 4.71. The fourth-order valence-corrected chi connectivity index (χ4v) is 4.22. The first kappa shape index (κ1) is 19.2. The molecular formula is C16H11ClF2N2O2S2. The highest BCUT2D eigenvalue weighted by Gasteiger charge is 2.25. The predicted molar refractivity (Wildman–Crippen MR) is 94.8 cm³/mol. The quantitative estimate of drug-likeness (QED) is 0.745. The summed E-state index contributed by atoms with van der Waals surface area (Å²) < 4.78 is 52.0. The Morgan fingerprint density at radius 1 is 1.16 bits per heavy atom. The number of sulfone groups is 1. The van der Waals surface area contributed by atoms with Crippen molar-refractivity contribution in [2.75, 3.05) is 11.6 Å². The molecule has 0 unspecified atom stereocenters. The van der Waals surface area contributed by atoms with Gasteiger partial charge in [0, 0.05) is 16.8 Å². The van der Waals surface area contributed by atoms with Crippen LogP contribution < -0.4 is 5.32 Å². The van der Waals surface area contributed by atoms with Crippen LogP contribution in [0.1, 0.15) is 0 Å². The van der Waals surface area contributed by atoms with E-state index in [2.05, 4.69) is 5.32 Å². The third-order valence-corrected chi connectivity index (χ3v) is 5.85. The van der Waals surface area contributed by atoms with Gasteiger partial charge in [-0.25, -0.2) is 17.2 Å². The fraction of sp³-hybridized carbons (Fsp3) is 0.0625. The van der Waals surface area contributed by atoms with Gasteiger partial charge in [0.05, 0.1) is 4.90 Å². The van der Waals surface area contributed by atoms with Gasteiger partial charge >= 0.3 is 0 Å². The van der Waals surface area contributed by atoms with Crippen molar-refractivity contribution < 1.29 is 17.2 Å². The van der Waals surface area contributed by atoms with Gasteiger partial charge in [-0.05, 0) is 42.7 Å². The molecule has 0 saturated heterocycles. The fourth-order valence-electron chi connectivity index (χ4n) is 1.92. The zero-order valence-electron chi connectivity index (χ0n) is 12.8. The van der Waals surface area contributed by atoms with Gasteiger partial charge in [-0.3, -0.25) is 0 Å². The zero-order chi connectivity index (χ0) is 18.6. The summed E-state index contributed by atoms with van der Waals surface area (Å²) in [4.78, 5) is -0.681. The van der Waals surface area contributed by atoms with E-state index in [9.17, 15) is 22.5 Å². The highest BCUT2D eigenvalue weighted by atomic mass is 35.5. The number of hydrogen-bond acceptors (Lipinski definition) is 5. The van der Waals surface area contributed by atoms with E-state index < -0.39 is 26.4 Å². The van der Waals surface area contributed by atoms with Gasteiger partial charge in [0.25, 0.3) is 0 Å². The molecule has 0 aliphatic carbocycles. The van der Waals surface area contributed by atoms with Crippen molar-refractivity contribution in [1.82, 2.24) is 0 Å². The smallest absolute Gasteiger partial charge is 0.219 e. The van der Waals surface area contributed by atoms with Crippen molar-refractivity contribution in [2.45, 2.75) is 4.90 Å². The highest BCUT2D eigenvalue weighted by molar-refractivity contribution is 8.04. The first-order chi connectivity index (χ1) is 11.8. The van der Waals surface area contributed by atoms with E-state index in [0.29, 0.717) is 11.1 Å². The third kappa shape index (κ3) is 4.51. The second-order valence-corrected chi connectivity index (χ2v) is 7.85. The summed E-state index contributed by atoms with van der Waals surface area (Å²) in [6.45, 7) is 0. The minimum absolute atomic E-state index is 0.0130. The summed E-state index contributed by atoms with van der Waals surface area (Å²) in [5, 5.41) is 12.2. The molecule has 0 heterocycles. The Kier molecular flexibility index (Phi) is 6.06. The predicted octanol–water partition coefficient (Wildman–Crippen LogP) is 4.56. The van der Waals surface area contributed by atoms with Crippen molar-refractivity contribution in [1.29, 1.82) is 5.26 Å². The average Bonchev–Trinajstić information content (AvgIpc) is 2.53. The Morgan fingerprint density at radius 3 is 2.20 bits per heavy atom. The van der Waals surface area contributed by atoms with Gasteiger partial charge < -0.3 is 5.32 Å². The molecule has 2 rings (SSSR count). The van der Waals surface area contributed by atoms with Gasteiger partial charge in [-0.15, -0.1) is 11.8 Å². The number of thioether (sulfide) groups is 1. The maximum absolute atomic E-state index is 13.3. The Labute approximate surface area is 153 Å². The molecule has 0 aliphatic rings. The molecule has 0 aliphatic heterocycles. The van der Waals surface area contributed by atoms with Gasteiger partial charge in [0.2, 0.25) is 9.84 Å². The monoisotopic (exact) mass is 400 g/mol. The van der Waals surface area contributed by atoms with Gasteiger partial charge in [-0.2, -0.15) is 5.26 Å². The lowest BCUT2D eigenvalue weighted by Gasteiger charge is -2.12. The number of hydrogen-bond donors (Lipinski definition) is 1. The van der Waals surface area contributed by atoms with Crippen molar-refractivity contribution >= 4 is 38.9 Å². The van der Waals surface area contributed by atoms with Crippen LogP contribution in [0.25, 0.3) is 0 Å². The number of nitrogens with one attached hydrogen (secondary N) is 1.